The Morgan fingerprint density at radius 1 is 1.24 bits per heavy atom. The normalized spacial score (nSPS) is 11.6. The number of nitrogens with one attached hydrogen (secondary N) is 1. The topological polar surface area (TPSA) is 73.9 Å². The van der Waals surface area contributed by atoms with E-state index in [2.05, 4.69) is 11.9 Å². The summed E-state index contributed by atoms with van der Waals surface area (Å²) in [6, 6.07) is 4.58. The van der Waals surface area contributed by atoms with Crippen molar-refractivity contribution in [2.24, 2.45) is 0 Å². The minimum absolute atomic E-state index is 0.385. The van der Waals surface area contributed by atoms with Crippen molar-refractivity contribution in [3.8, 4) is 11.5 Å². The Morgan fingerprint density at radius 3 is 2.56 bits per heavy atom. The number of hydrogen-bond donors (Lipinski definition) is 1. The second-order valence-corrected chi connectivity index (χ2v) is 5.93. The highest BCUT2D eigenvalue weighted by atomic mass is 32.2. The van der Waals surface area contributed by atoms with Crippen LogP contribution >= 0.6 is 11.8 Å². The van der Waals surface area contributed by atoms with Gasteiger partial charge in [0.15, 0.2) is 11.5 Å². The molecule has 1 amide bonds. The van der Waals surface area contributed by atoms with Gasteiger partial charge in [0.05, 0.1) is 21.3 Å². The summed E-state index contributed by atoms with van der Waals surface area (Å²) >= 11 is 1.48. The molecule has 7 heteroatoms. The van der Waals surface area contributed by atoms with Gasteiger partial charge in [-0.2, -0.15) is 11.8 Å². The lowest BCUT2D eigenvalue weighted by molar-refractivity contribution is -0.143. The molecule has 0 aliphatic heterocycles. The number of hydrogen-bond acceptors (Lipinski definition) is 6. The Balaban J connectivity index is 2.73. The summed E-state index contributed by atoms with van der Waals surface area (Å²) in [5, 5.41) is 2.64. The van der Waals surface area contributed by atoms with Crippen LogP contribution < -0.4 is 14.8 Å². The molecule has 0 saturated carbocycles. The molecule has 0 aliphatic rings. The summed E-state index contributed by atoms with van der Waals surface area (Å²) in [4.78, 5) is 23.8. The maximum atomic E-state index is 12.1. The first-order chi connectivity index (χ1) is 12.0. The largest absolute Gasteiger partial charge is 0.493 e. The van der Waals surface area contributed by atoms with Crippen LogP contribution in [0.1, 0.15) is 5.56 Å². The van der Waals surface area contributed by atoms with Gasteiger partial charge in [0.2, 0.25) is 5.91 Å². The fraction of sp³-hybridized carbons (Fsp3) is 0.333. The van der Waals surface area contributed by atoms with E-state index in [0.29, 0.717) is 23.0 Å². The van der Waals surface area contributed by atoms with E-state index in [1.54, 1.807) is 44.6 Å². The third-order valence-electron chi connectivity index (χ3n) is 3.16. The molecule has 1 aromatic carbocycles. The maximum absolute atomic E-state index is 12.1. The lowest BCUT2D eigenvalue weighted by Crippen LogP contribution is -2.42. The zero-order valence-corrected chi connectivity index (χ0v) is 15.4. The van der Waals surface area contributed by atoms with Crippen LogP contribution in [0.2, 0.25) is 0 Å². The summed E-state index contributed by atoms with van der Waals surface area (Å²) in [6.45, 7) is 3.62. The SMILES string of the molecule is C=CCSCC(NC(=O)/C=C/c1ccc(OC)c(OC)c1)C(=O)OC. The second-order valence-electron chi connectivity index (χ2n) is 4.86. The molecule has 1 rings (SSSR count). The highest BCUT2D eigenvalue weighted by Crippen LogP contribution is 2.27. The number of thioether (sulfide) groups is 1. The number of rotatable bonds is 10. The van der Waals surface area contributed by atoms with Gasteiger partial charge in [0, 0.05) is 17.6 Å². The molecule has 0 heterocycles. The van der Waals surface area contributed by atoms with Crippen LogP contribution in [-0.4, -0.2) is 50.8 Å². The number of ether oxygens (including phenoxy) is 3. The monoisotopic (exact) mass is 365 g/mol. The molecule has 25 heavy (non-hydrogen) atoms. The van der Waals surface area contributed by atoms with Crippen LogP contribution in [0, 0.1) is 0 Å². The minimum Gasteiger partial charge on any atom is -0.493 e. The molecule has 0 fully saturated rings. The summed E-state index contributed by atoms with van der Waals surface area (Å²) < 4.78 is 15.1. The molecule has 0 aromatic heterocycles. The third kappa shape index (κ3) is 6.93. The Hall–Kier alpha value is -2.41. The molecule has 136 valence electrons. The molecule has 0 aliphatic carbocycles. The summed E-state index contributed by atoms with van der Waals surface area (Å²) in [5.41, 5.74) is 0.767. The lowest BCUT2D eigenvalue weighted by Gasteiger charge is -2.14. The van der Waals surface area contributed by atoms with Crippen molar-refractivity contribution >= 4 is 29.7 Å². The first kappa shape index (κ1) is 20.6. The standard InChI is InChI=1S/C18H23NO5S/c1-5-10-25-12-14(18(21)24-4)19-17(20)9-7-13-6-8-15(22-2)16(11-13)23-3/h5-9,11,14H,1,10,12H2,2-4H3,(H,19,20)/b9-7+. The second kappa shape index (κ2) is 11.2. The van der Waals surface area contributed by atoms with Gasteiger partial charge in [-0.1, -0.05) is 12.1 Å². The Labute approximate surface area is 152 Å². The van der Waals surface area contributed by atoms with Gasteiger partial charge in [-0.25, -0.2) is 4.79 Å². The number of carbonyl (C=O) groups is 2. The van der Waals surface area contributed by atoms with Crippen LogP contribution in [0.3, 0.4) is 0 Å². The van der Waals surface area contributed by atoms with E-state index in [9.17, 15) is 9.59 Å². The highest BCUT2D eigenvalue weighted by molar-refractivity contribution is 7.99. The molecular formula is C18H23NO5S. The van der Waals surface area contributed by atoms with Crippen LogP contribution in [0.25, 0.3) is 6.08 Å². The van der Waals surface area contributed by atoms with Crippen LogP contribution in [0.5, 0.6) is 11.5 Å². The van der Waals surface area contributed by atoms with Crippen molar-refractivity contribution in [2.45, 2.75) is 6.04 Å². The molecule has 6 nitrogen and oxygen atoms in total. The maximum Gasteiger partial charge on any atom is 0.329 e. The Kier molecular flexibility index (Phi) is 9.24. The van der Waals surface area contributed by atoms with E-state index >= 15 is 0 Å². The van der Waals surface area contributed by atoms with E-state index in [0.717, 1.165) is 5.56 Å². The summed E-state index contributed by atoms with van der Waals surface area (Å²) in [6.07, 6.45) is 4.72. The molecule has 0 saturated heterocycles. The molecule has 1 aromatic rings. The van der Waals surface area contributed by atoms with Gasteiger partial charge in [0.25, 0.3) is 0 Å². The van der Waals surface area contributed by atoms with E-state index < -0.39 is 12.0 Å². The minimum atomic E-state index is -0.711. The average molecular weight is 365 g/mol. The number of esters is 1. The van der Waals surface area contributed by atoms with Gasteiger partial charge < -0.3 is 19.5 Å². The van der Waals surface area contributed by atoms with E-state index in [1.807, 2.05) is 0 Å². The van der Waals surface area contributed by atoms with Crippen LogP contribution in [0.4, 0.5) is 0 Å². The van der Waals surface area contributed by atoms with Crippen molar-refractivity contribution < 1.29 is 23.8 Å². The van der Waals surface area contributed by atoms with Crippen molar-refractivity contribution in [3.05, 3.63) is 42.5 Å². The van der Waals surface area contributed by atoms with Crippen molar-refractivity contribution in [1.82, 2.24) is 5.32 Å². The highest BCUT2D eigenvalue weighted by Gasteiger charge is 2.20. The Morgan fingerprint density at radius 2 is 1.96 bits per heavy atom. The molecule has 0 radical (unpaired) electrons. The zero-order valence-electron chi connectivity index (χ0n) is 14.6. The number of carbonyl (C=O) groups excluding carboxylic acids is 2. The van der Waals surface area contributed by atoms with Gasteiger partial charge in [0.1, 0.15) is 6.04 Å². The molecule has 1 unspecified atom stereocenters. The third-order valence-corrected chi connectivity index (χ3v) is 4.20. The van der Waals surface area contributed by atoms with Crippen molar-refractivity contribution in [2.75, 3.05) is 32.8 Å². The smallest absolute Gasteiger partial charge is 0.329 e. The van der Waals surface area contributed by atoms with E-state index in [-0.39, 0.29) is 5.91 Å². The van der Waals surface area contributed by atoms with Crippen molar-refractivity contribution in [1.29, 1.82) is 0 Å². The van der Waals surface area contributed by atoms with Crippen LogP contribution in [-0.2, 0) is 14.3 Å². The van der Waals surface area contributed by atoms with E-state index in [1.165, 1.54) is 24.9 Å². The molecule has 1 N–H and O–H groups in total. The number of benzene rings is 1. The summed E-state index contributed by atoms with van der Waals surface area (Å²) in [7, 11) is 4.39. The van der Waals surface area contributed by atoms with Gasteiger partial charge in [-0.15, -0.1) is 6.58 Å². The quantitative estimate of drug-likeness (QED) is 0.297. The molecule has 0 bridgehead atoms. The lowest BCUT2D eigenvalue weighted by atomic mass is 10.2. The van der Waals surface area contributed by atoms with Crippen LogP contribution in [0.15, 0.2) is 36.9 Å². The average Bonchev–Trinajstić information content (AvgIpc) is 2.64. The fourth-order valence-corrected chi connectivity index (χ4v) is 2.69. The van der Waals surface area contributed by atoms with Gasteiger partial charge in [-0.3, -0.25) is 4.79 Å². The number of amides is 1. The van der Waals surface area contributed by atoms with E-state index in [4.69, 9.17) is 14.2 Å². The molecule has 1 atom stereocenters. The predicted octanol–water partition coefficient (Wildman–Crippen LogP) is 2.29. The summed E-state index contributed by atoms with van der Waals surface area (Å²) in [5.74, 6) is 1.40. The predicted molar refractivity (Wildman–Crippen MR) is 100 cm³/mol. The molecule has 0 spiro atoms. The first-order valence-electron chi connectivity index (χ1n) is 7.52. The zero-order chi connectivity index (χ0) is 18.7. The Bertz CT molecular complexity index is 630. The van der Waals surface area contributed by atoms with Crippen molar-refractivity contribution in [3.63, 3.8) is 0 Å². The first-order valence-corrected chi connectivity index (χ1v) is 8.68. The van der Waals surface area contributed by atoms with Gasteiger partial charge in [-0.05, 0) is 23.8 Å². The fourth-order valence-electron chi connectivity index (χ4n) is 1.93. The van der Waals surface area contributed by atoms with Gasteiger partial charge >= 0.3 is 5.97 Å². The molecular weight excluding hydrogens is 342 g/mol. The number of methoxy groups -OCH3 is 3.